The first-order chi connectivity index (χ1) is 31.0. The standard InChI is InChI=1S/C21H35BrN2O6S.C11H16BrNO4S.C10H12BrNO4.CH4S/c1-7-23(8-2)9-11-30-19(28)21(5,22)14-20(3,4)18(27)29-12-10-24-16(25)13-15(31-6)17(24)26;1-11(2,12)10(16)17-5-4-13-8(14)6-7(18-3)9(13)15;1-10(2,11)9(15)16-6-5-12-7(13)3-4-8(12)14;1-2/h15H,7-14H2,1-6H3;7H,4-6H2,1-3H3;3-4H,5-6H2,1-2H3;2H,1H3. The van der Waals surface area contributed by atoms with Crippen LogP contribution in [0.3, 0.4) is 0 Å². The number of carbonyl (C=O) groups is 10. The number of ether oxygens (including phenoxy) is 4. The molecule has 18 nitrogen and oxygen atoms in total. The number of alkyl halides is 3. The van der Waals surface area contributed by atoms with Gasteiger partial charge in [-0.2, -0.15) is 36.2 Å². The quantitative estimate of drug-likeness (QED) is 0.0504. The van der Waals surface area contributed by atoms with Crippen molar-refractivity contribution in [3.8, 4) is 0 Å². The maximum atomic E-state index is 12.6. The van der Waals surface area contributed by atoms with Crippen LogP contribution in [0.5, 0.6) is 0 Å². The summed E-state index contributed by atoms with van der Waals surface area (Å²) in [5, 5.41) is -0.651. The van der Waals surface area contributed by atoms with Gasteiger partial charge in [-0.15, -0.1) is 0 Å². The highest BCUT2D eigenvalue weighted by Gasteiger charge is 2.43. The van der Waals surface area contributed by atoms with Crippen LogP contribution in [-0.2, 0) is 66.9 Å². The Morgan fingerprint density at radius 2 is 0.955 bits per heavy atom. The van der Waals surface area contributed by atoms with E-state index in [2.05, 4.69) is 65.3 Å². The Morgan fingerprint density at radius 1 is 0.612 bits per heavy atom. The van der Waals surface area contributed by atoms with Gasteiger partial charge in [-0.1, -0.05) is 61.6 Å². The van der Waals surface area contributed by atoms with Gasteiger partial charge in [0.2, 0.25) is 23.6 Å². The minimum atomic E-state index is -1.05. The SMILES string of the molecule is CC(C)(Br)C(=O)OCCN1C(=O)C=CC1=O.CCN(CC)CCOC(=O)C(C)(Br)CC(C)(C)C(=O)OCCN1C(=O)CC(SC)C1=O.CS.CSC1CC(=O)N(CCOC(=O)C(C)(C)Br)C1=O. The summed E-state index contributed by atoms with van der Waals surface area (Å²) in [5.74, 6) is -3.42. The molecule has 0 bridgehead atoms. The number of likely N-dealkylation sites (N-methyl/N-ethyl adjacent to an activating group) is 1. The van der Waals surface area contributed by atoms with Crippen molar-refractivity contribution in [2.24, 2.45) is 5.41 Å². The lowest BCUT2D eigenvalue weighted by Crippen LogP contribution is -2.41. The van der Waals surface area contributed by atoms with E-state index >= 15 is 0 Å². The maximum absolute atomic E-state index is 12.6. The molecule has 3 aliphatic heterocycles. The molecule has 3 atom stereocenters. The minimum absolute atomic E-state index is 0.00697. The molecular weight excluding hydrogens is 1130 g/mol. The highest BCUT2D eigenvalue weighted by molar-refractivity contribution is 9.10. The van der Waals surface area contributed by atoms with Crippen LogP contribution in [0.25, 0.3) is 0 Å². The van der Waals surface area contributed by atoms with Crippen LogP contribution in [0.15, 0.2) is 12.2 Å². The fourth-order valence-electron chi connectivity index (χ4n) is 5.95. The number of esters is 4. The highest BCUT2D eigenvalue weighted by atomic mass is 79.9. The van der Waals surface area contributed by atoms with Gasteiger partial charge in [0.1, 0.15) is 39.4 Å². The number of likely N-dealkylation sites (tertiary alicyclic amines) is 2. The number of hydrogen-bond acceptors (Lipinski definition) is 18. The molecule has 2 saturated heterocycles. The zero-order valence-electron chi connectivity index (χ0n) is 40.4. The summed E-state index contributed by atoms with van der Waals surface area (Å²) in [4.78, 5) is 123. The second-order valence-corrected chi connectivity index (χ2v) is 24.4. The van der Waals surface area contributed by atoms with Gasteiger partial charge in [0, 0.05) is 31.5 Å². The fourth-order valence-corrected chi connectivity index (χ4v) is 8.28. The summed E-state index contributed by atoms with van der Waals surface area (Å²) in [7, 11) is 0. The van der Waals surface area contributed by atoms with Crippen LogP contribution in [-0.4, -0.2) is 187 Å². The van der Waals surface area contributed by atoms with Gasteiger partial charge in [-0.25, -0.2) is 0 Å². The van der Waals surface area contributed by atoms with Gasteiger partial charge in [-0.3, -0.25) is 62.6 Å². The number of rotatable bonds is 22. The average Bonchev–Trinajstić information content (AvgIpc) is 3.83. The Bertz CT molecular complexity index is 1770. The van der Waals surface area contributed by atoms with Crippen molar-refractivity contribution in [3.63, 3.8) is 0 Å². The summed E-state index contributed by atoms with van der Waals surface area (Å²) >= 11 is 16.0. The topological polar surface area (TPSA) is 221 Å². The summed E-state index contributed by atoms with van der Waals surface area (Å²) in [5.41, 5.74) is -0.975. The van der Waals surface area contributed by atoms with E-state index in [1.807, 2.05) is 13.8 Å². The summed E-state index contributed by atoms with van der Waals surface area (Å²) in [6.45, 7) is 18.7. The molecule has 2 fully saturated rings. The third-order valence-corrected chi connectivity index (χ3v) is 12.9. The van der Waals surface area contributed by atoms with E-state index in [0.29, 0.717) is 6.54 Å². The first-order valence-electron chi connectivity index (χ1n) is 21.2. The van der Waals surface area contributed by atoms with Crippen LogP contribution in [0, 0.1) is 5.41 Å². The molecule has 3 heterocycles. The first kappa shape index (κ1) is 64.5. The van der Waals surface area contributed by atoms with Crippen molar-refractivity contribution in [1.29, 1.82) is 0 Å². The third-order valence-electron chi connectivity index (χ3n) is 9.78. The second kappa shape index (κ2) is 30.3. The number of amides is 6. The van der Waals surface area contributed by atoms with E-state index in [1.165, 1.54) is 35.7 Å². The number of hydrogen-bond donors (Lipinski definition) is 1. The normalized spacial score (nSPS) is 18.1. The van der Waals surface area contributed by atoms with Gasteiger partial charge in [0.15, 0.2) is 0 Å². The fraction of sp³-hybridized carbons (Fsp3) is 0.721. The smallest absolute Gasteiger partial charge is 0.322 e. The molecule has 67 heavy (non-hydrogen) atoms. The lowest BCUT2D eigenvalue weighted by Gasteiger charge is -2.30. The molecule has 0 spiro atoms. The summed E-state index contributed by atoms with van der Waals surface area (Å²) in [6, 6.07) is 0. The van der Waals surface area contributed by atoms with Gasteiger partial charge < -0.3 is 23.8 Å². The molecule has 0 saturated carbocycles. The zero-order chi connectivity index (χ0) is 52.1. The largest absolute Gasteiger partial charge is 0.463 e. The molecule has 3 rings (SSSR count). The Hall–Kier alpha value is -2.51. The van der Waals surface area contributed by atoms with E-state index in [9.17, 15) is 47.9 Å². The molecule has 0 aromatic heterocycles. The van der Waals surface area contributed by atoms with E-state index in [0.717, 1.165) is 27.8 Å². The Balaban J connectivity index is 0.00000103. The van der Waals surface area contributed by atoms with Crippen molar-refractivity contribution in [1.82, 2.24) is 19.6 Å². The van der Waals surface area contributed by atoms with Crippen molar-refractivity contribution in [3.05, 3.63) is 12.2 Å². The van der Waals surface area contributed by atoms with Crippen LogP contribution < -0.4 is 0 Å². The Morgan fingerprint density at radius 3 is 1.28 bits per heavy atom. The van der Waals surface area contributed by atoms with E-state index in [4.69, 9.17) is 18.9 Å². The molecule has 382 valence electrons. The Labute approximate surface area is 433 Å². The van der Waals surface area contributed by atoms with Crippen LogP contribution >= 0.6 is 83.9 Å². The Kier molecular flexibility index (Phi) is 29.1. The van der Waals surface area contributed by atoms with Crippen LogP contribution in [0.4, 0.5) is 0 Å². The number of nitrogens with zero attached hydrogens (tertiary/aromatic N) is 4. The van der Waals surface area contributed by atoms with E-state index in [-0.39, 0.29) is 111 Å². The minimum Gasteiger partial charge on any atom is -0.463 e. The van der Waals surface area contributed by atoms with Gasteiger partial charge >= 0.3 is 23.9 Å². The van der Waals surface area contributed by atoms with Crippen LogP contribution in [0.2, 0.25) is 0 Å². The zero-order valence-corrected chi connectivity index (χ0v) is 47.7. The third kappa shape index (κ3) is 22.0. The number of imide groups is 3. The molecule has 3 unspecified atom stereocenters. The van der Waals surface area contributed by atoms with E-state index in [1.54, 1.807) is 67.2 Å². The molecule has 3 aliphatic rings. The predicted molar refractivity (Wildman–Crippen MR) is 271 cm³/mol. The van der Waals surface area contributed by atoms with Gasteiger partial charge in [-0.05, 0) is 86.7 Å². The van der Waals surface area contributed by atoms with Crippen LogP contribution in [0.1, 0.15) is 81.6 Å². The molecule has 0 radical (unpaired) electrons. The van der Waals surface area contributed by atoms with Gasteiger partial charge in [0.05, 0.1) is 35.5 Å². The number of carbonyl (C=O) groups excluding carboxylic acids is 10. The van der Waals surface area contributed by atoms with Gasteiger partial charge in [0.25, 0.3) is 11.8 Å². The maximum Gasteiger partial charge on any atom is 0.322 e. The number of thioether (sulfide) groups is 2. The molecular formula is C43H67Br3N4O14S3. The first-order valence-corrected chi connectivity index (χ1v) is 27.0. The van der Waals surface area contributed by atoms with E-state index < -0.39 is 42.3 Å². The molecule has 0 N–H and O–H groups in total. The second-order valence-electron chi connectivity index (χ2n) is 16.6. The number of thiol groups is 1. The molecule has 24 heteroatoms. The molecule has 0 aromatic carbocycles. The molecule has 0 aromatic rings. The molecule has 6 amide bonds. The monoisotopic (exact) mass is 1200 g/mol. The highest BCUT2D eigenvalue weighted by Crippen LogP contribution is 2.36. The molecule has 0 aliphatic carbocycles. The predicted octanol–water partition coefficient (Wildman–Crippen LogP) is 4.84. The average molecular weight is 1200 g/mol. The summed E-state index contributed by atoms with van der Waals surface area (Å²) in [6.07, 6.45) is 8.24. The van der Waals surface area contributed by atoms with Crippen molar-refractivity contribution in [2.75, 3.05) is 84.5 Å². The number of halogens is 3. The van der Waals surface area contributed by atoms with Crippen molar-refractivity contribution in [2.45, 2.75) is 105 Å². The summed E-state index contributed by atoms with van der Waals surface area (Å²) < 4.78 is 18.1. The van der Waals surface area contributed by atoms with Crippen molar-refractivity contribution >= 4 is 143 Å². The lowest BCUT2D eigenvalue weighted by molar-refractivity contribution is -0.158. The lowest BCUT2D eigenvalue weighted by atomic mass is 9.83. The van der Waals surface area contributed by atoms with Crippen molar-refractivity contribution < 1.29 is 66.9 Å².